The molecule has 0 saturated heterocycles. The lowest BCUT2D eigenvalue weighted by Gasteiger charge is -2.44. The van der Waals surface area contributed by atoms with Crippen LogP contribution in [0.2, 0.25) is 0 Å². The Morgan fingerprint density at radius 3 is 1.01 bits per heavy atom. The molecule has 0 bridgehead atoms. The Labute approximate surface area is 502 Å². The number of hydrogen-bond acceptors (Lipinski definition) is 29. The smallest absolute Gasteiger partial charge is 0.338 e. The summed E-state index contributed by atoms with van der Waals surface area (Å²) in [6.07, 6.45) is -12.4. The molecule has 0 saturated carbocycles. The summed E-state index contributed by atoms with van der Waals surface area (Å²) in [4.78, 5) is 28.6. The second kappa shape index (κ2) is 21.4. The minimum atomic E-state index is -2.35. The van der Waals surface area contributed by atoms with Crippen LogP contribution in [-0.4, -0.2) is 143 Å². The first-order chi connectivity index (χ1) is 42.4. The van der Waals surface area contributed by atoms with E-state index in [1.807, 2.05) is 0 Å². The van der Waals surface area contributed by atoms with Gasteiger partial charge in [0.25, 0.3) is 0 Å². The molecule has 3 aliphatic rings. The summed E-state index contributed by atoms with van der Waals surface area (Å²) < 4.78 is 31.6. The van der Waals surface area contributed by atoms with Crippen molar-refractivity contribution in [2.45, 2.75) is 68.2 Å². The number of carbonyl (C=O) groups excluding carboxylic acids is 2. The van der Waals surface area contributed by atoms with Crippen molar-refractivity contribution in [1.82, 2.24) is 0 Å². The van der Waals surface area contributed by atoms with Gasteiger partial charge in [-0.2, -0.15) is 0 Å². The van der Waals surface area contributed by atoms with Gasteiger partial charge in [-0.05, 0) is 67.6 Å². The summed E-state index contributed by atoms with van der Waals surface area (Å²) in [7, 11) is 0. The van der Waals surface area contributed by atoms with Crippen molar-refractivity contribution in [2.75, 3.05) is 0 Å². The van der Waals surface area contributed by atoms with Crippen molar-refractivity contribution in [3.63, 3.8) is 0 Å². The standard InChI is InChI=1S/C61H50O29/c1-16-23(62)13-25(64)42-45(59(90-61(85)22-11-37(76)50(82)38(77)12-22)56(86-52(16)42)20-7-33(72)48(80)34(73)8-20)43-28(67)15-27(66)41-44(51(83)54(87-58(41)43)18-3-29(68)46(78)30(69)4-18)40-26(65)14-24(63)39-17(2)53(89-60(84)21-9-35(74)49(81)36(75)10-21)55(88-57(39)40)19-5-31(70)47(79)32(71)6-19/h3-15,17,44-45,51,53-56,59,62-83H,1-2H3/t17-,44-,45+,51?,53+,54+,55+,56+,59+/m0/s1. The molecule has 0 fully saturated rings. The van der Waals surface area contributed by atoms with Crippen LogP contribution in [0.15, 0.2) is 78.9 Å². The van der Waals surface area contributed by atoms with Crippen LogP contribution in [0.3, 0.4) is 0 Å². The second-order valence-electron chi connectivity index (χ2n) is 21.5. The molecule has 468 valence electrons. The van der Waals surface area contributed by atoms with Crippen molar-refractivity contribution < 1.29 is 146 Å². The number of carbonyl (C=O) groups is 2. The Morgan fingerprint density at radius 1 is 0.333 bits per heavy atom. The Balaban J connectivity index is 1.20. The molecule has 29 nitrogen and oxygen atoms in total. The van der Waals surface area contributed by atoms with Crippen LogP contribution >= 0.6 is 0 Å². The van der Waals surface area contributed by atoms with Gasteiger partial charge >= 0.3 is 11.9 Å². The number of esters is 2. The maximum atomic E-state index is 14.6. The molecule has 22 N–H and O–H groups in total. The first-order valence-electron chi connectivity index (χ1n) is 26.5. The Kier molecular flexibility index (Phi) is 14.1. The number of aliphatic hydroxyl groups excluding tert-OH is 1. The number of ether oxygens (including phenoxy) is 5. The second-order valence-corrected chi connectivity index (χ2v) is 21.5. The molecular weight excluding hydrogens is 1200 g/mol. The minimum Gasteiger partial charge on any atom is -0.507 e. The van der Waals surface area contributed by atoms with Crippen molar-refractivity contribution >= 4 is 11.9 Å². The van der Waals surface area contributed by atoms with Gasteiger partial charge in [0.1, 0.15) is 64.0 Å². The van der Waals surface area contributed by atoms with Gasteiger partial charge in [-0.1, -0.05) is 6.92 Å². The third-order valence-electron chi connectivity index (χ3n) is 16.0. The zero-order valence-electron chi connectivity index (χ0n) is 45.9. The Hall–Kier alpha value is -12.1. The Bertz CT molecular complexity index is 4250. The lowest BCUT2D eigenvalue weighted by atomic mass is 9.72. The number of phenolic OH excluding ortho intramolecular Hbond substituents is 21. The fraction of sp³-hybridized carbons (Fsp3) is 0.180. The lowest BCUT2D eigenvalue weighted by molar-refractivity contribution is -0.0323. The predicted octanol–water partition coefficient (Wildman–Crippen LogP) is 6.39. The quantitative estimate of drug-likeness (QED) is 0.0549. The number of aromatic hydroxyl groups is 21. The van der Waals surface area contributed by atoms with E-state index in [2.05, 4.69) is 0 Å². The fourth-order valence-corrected chi connectivity index (χ4v) is 11.7. The molecule has 29 heteroatoms. The molecule has 0 radical (unpaired) electrons. The first-order valence-corrected chi connectivity index (χ1v) is 26.5. The highest BCUT2D eigenvalue weighted by atomic mass is 16.6. The molecule has 0 amide bonds. The third kappa shape index (κ3) is 9.47. The van der Waals surface area contributed by atoms with E-state index in [0.29, 0.717) is 36.4 Å². The highest BCUT2D eigenvalue weighted by Crippen LogP contribution is 2.65. The summed E-state index contributed by atoms with van der Waals surface area (Å²) in [5.41, 5.74) is -5.79. The average molecular weight is 1250 g/mol. The summed E-state index contributed by atoms with van der Waals surface area (Å²) >= 11 is 0. The summed E-state index contributed by atoms with van der Waals surface area (Å²) in [6.45, 7) is 2.57. The molecule has 8 aromatic carbocycles. The lowest BCUT2D eigenvalue weighted by Crippen LogP contribution is -2.41. The highest BCUT2D eigenvalue weighted by molar-refractivity contribution is 5.92. The van der Waals surface area contributed by atoms with Gasteiger partial charge in [-0.25, -0.2) is 9.59 Å². The summed E-state index contributed by atoms with van der Waals surface area (Å²) in [6, 6.07) is 9.68. The number of fused-ring (bicyclic) bond motifs is 3. The molecule has 1 unspecified atom stereocenters. The van der Waals surface area contributed by atoms with Gasteiger partial charge in [0.15, 0.2) is 111 Å². The molecule has 3 heterocycles. The Morgan fingerprint density at radius 2 is 0.611 bits per heavy atom. The normalized spacial score (nSPS) is 20.7. The van der Waals surface area contributed by atoms with Crippen molar-refractivity contribution in [1.29, 1.82) is 0 Å². The largest absolute Gasteiger partial charge is 0.507 e. The van der Waals surface area contributed by atoms with Crippen LogP contribution in [0.25, 0.3) is 0 Å². The average Bonchev–Trinajstić information content (AvgIpc) is 0.712. The summed E-state index contributed by atoms with van der Waals surface area (Å²) in [5.74, 6) is -31.8. The molecule has 90 heavy (non-hydrogen) atoms. The van der Waals surface area contributed by atoms with Crippen molar-refractivity contribution in [2.24, 2.45) is 0 Å². The van der Waals surface area contributed by atoms with Gasteiger partial charge in [-0.3, -0.25) is 0 Å². The summed E-state index contributed by atoms with van der Waals surface area (Å²) in [5, 5.41) is 245. The van der Waals surface area contributed by atoms with Gasteiger partial charge in [-0.15, -0.1) is 0 Å². The van der Waals surface area contributed by atoms with E-state index >= 15 is 0 Å². The predicted molar refractivity (Wildman–Crippen MR) is 298 cm³/mol. The zero-order chi connectivity index (χ0) is 65.3. The van der Waals surface area contributed by atoms with E-state index in [4.69, 9.17) is 23.7 Å². The number of phenols is 21. The molecule has 9 atom stereocenters. The van der Waals surface area contributed by atoms with Crippen molar-refractivity contribution in [3.8, 4) is 138 Å². The molecule has 11 rings (SSSR count). The van der Waals surface area contributed by atoms with E-state index in [-0.39, 0.29) is 11.1 Å². The van der Waals surface area contributed by atoms with E-state index in [0.717, 1.165) is 42.5 Å². The maximum Gasteiger partial charge on any atom is 0.338 e. The zero-order valence-corrected chi connectivity index (χ0v) is 45.9. The minimum absolute atomic E-state index is 0.211. The van der Waals surface area contributed by atoms with E-state index in [1.165, 1.54) is 13.8 Å². The first kappa shape index (κ1) is 59.6. The number of benzene rings is 8. The monoisotopic (exact) mass is 1250 g/mol. The molecule has 0 spiro atoms. The fourth-order valence-electron chi connectivity index (χ4n) is 11.7. The van der Waals surface area contributed by atoms with E-state index < -0.39 is 254 Å². The highest BCUT2D eigenvalue weighted by Gasteiger charge is 2.54. The molecule has 0 aromatic heterocycles. The van der Waals surface area contributed by atoms with Gasteiger partial charge in [0, 0.05) is 74.2 Å². The molecule has 3 aliphatic heterocycles. The topological polar surface area (TPSA) is 525 Å². The maximum absolute atomic E-state index is 14.6. The van der Waals surface area contributed by atoms with Gasteiger partial charge in [0.05, 0.1) is 23.0 Å². The van der Waals surface area contributed by atoms with Crippen LogP contribution in [0.1, 0.15) is 114 Å². The van der Waals surface area contributed by atoms with Crippen LogP contribution in [0.4, 0.5) is 0 Å². The van der Waals surface area contributed by atoms with Gasteiger partial charge in [0.2, 0.25) is 0 Å². The van der Waals surface area contributed by atoms with E-state index in [1.54, 1.807) is 0 Å². The number of hydrogen-bond donors (Lipinski definition) is 22. The molecular formula is C61H50O29. The molecule has 0 aliphatic carbocycles. The van der Waals surface area contributed by atoms with Crippen LogP contribution in [-0.2, 0) is 9.47 Å². The SMILES string of the molecule is Cc1c(O)cc(O)c2c1O[C@H](c1cc(O)c(O)c(O)c1)[C@H](OC(=O)c1cc(O)c(O)c(O)c1)[C@H]2c1c(O)cc(O)c2c1O[C@H](c1cc(O)c(O)c(O)c1)C(O)[C@H]2c1c(O)cc(O)c2c1O[C@H](c1cc(O)c(O)c(O)c1)[C@H](OC(=O)c1cc(O)c(O)c(O)c1)[C@H]2C. The molecule has 8 aromatic rings. The van der Waals surface area contributed by atoms with Crippen LogP contribution < -0.4 is 14.2 Å². The van der Waals surface area contributed by atoms with Gasteiger partial charge < -0.3 is 136 Å². The number of aliphatic hydroxyl groups is 1. The van der Waals surface area contributed by atoms with Crippen molar-refractivity contribution in [3.05, 3.63) is 140 Å². The van der Waals surface area contributed by atoms with Crippen LogP contribution in [0, 0.1) is 6.92 Å². The third-order valence-corrected chi connectivity index (χ3v) is 16.0. The van der Waals surface area contributed by atoms with E-state index in [9.17, 15) is 122 Å². The van der Waals surface area contributed by atoms with Crippen LogP contribution in [0.5, 0.6) is 138 Å². The number of rotatable bonds is 9.